The number of aliphatic hydroxyl groups is 5. The molecule has 4 saturated carbocycles. The Hall–Kier alpha value is -0.580. The molecule has 16 atom stereocenters. The van der Waals surface area contributed by atoms with E-state index >= 15 is 0 Å². The van der Waals surface area contributed by atoms with Gasteiger partial charge in [0.15, 0.2) is 6.29 Å². The number of ether oxygens (including phenoxy) is 3. The zero-order valence-electron chi connectivity index (χ0n) is 28.0. The van der Waals surface area contributed by atoms with E-state index in [1.807, 2.05) is 0 Å². The molecule has 0 aromatic heterocycles. The summed E-state index contributed by atoms with van der Waals surface area (Å²) in [6.45, 7) is 16.4. The summed E-state index contributed by atoms with van der Waals surface area (Å²) in [7, 11) is 0. The van der Waals surface area contributed by atoms with Gasteiger partial charge in [0.05, 0.1) is 37.1 Å². The highest BCUT2D eigenvalue weighted by Crippen LogP contribution is 2.79. The van der Waals surface area contributed by atoms with E-state index in [0.717, 1.165) is 44.9 Å². The molecule has 2 saturated heterocycles. The van der Waals surface area contributed by atoms with Crippen molar-refractivity contribution in [3.63, 3.8) is 0 Å². The molecular weight excluding hydrogens is 560 g/mol. The molecule has 0 aromatic carbocycles. The summed E-state index contributed by atoms with van der Waals surface area (Å²) in [6.07, 6.45) is 5.98. The van der Waals surface area contributed by atoms with Crippen LogP contribution in [-0.4, -0.2) is 87.3 Å². The number of allylic oxidation sites excluding steroid dienone is 1. The molecule has 7 rings (SSSR count). The van der Waals surface area contributed by atoms with Crippen LogP contribution in [0.25, 0.3) is 0 Å². The van der Waals surface area contributed by atoms with Gasteiger partial charge in [0.25, 0.3) is 0 Å². The van der Waals surface area contributed by atoms with E-state index in [2.05, 4.69) is 53.7 Å². The Bertz CT molecular complexity index is 1190. The van der Waals surface area contributed by atoms with Gasteiger partial charge in [0.1, 0.15) is 18.3 Å². The first kappa shape index (κ1) is 32.0. The molecule has 1 spiro atoms. The van der Waals surface area contributed by atoms with E-state index in [1.54, 1.807) is 6.92 Å². The number of aliphatic hydroxyl groups excluding tert-OH is 5. The van der Waals surface area contributed by atoms with Gasteiger partial charge in [-0.3, -0.25) is 0 Å². The molecule has 5 aliphatic carbocycles. The zero-order chi connectivity index (χ0) is 31.9. The second-order valence-electron chi connectivity index (χ2n) is 18.1. The maximum atomic E-state index is 12.0. The third kappa shape index (κ3) is 3.75. The van der Waals surface area contributed by atoms with Gasteiger partial charge in [-0.2, -0.15) is 0 Å². The van der Waals surface area contributed by atoms with Gasteiger partial charge in [-0.15, -0.1) is 0 Å². The van der Waals surface area contributed by atoms with Crippen LogP contribution in [0.1, 0.15) is 99.8 Å². The van der Waals surface area contributed by atoms with Crippen LogP contribution in [0.15, 0.2) is 12.2 Å². The average Bonchev–Trinajstić information content (AvgIpc) is 3.24. The van der Waals surface area contributed by atoms with E-state index in [1.165, 1.54) is 0 Å². The maximum absolute atomic E-state index is 12.0. The van der Waals surface area contributed by atoms with Crippen LogP contribution in [0.4, 0.5) is 0 Å². The van der Waals surface area contributed by atoms with Crippen LogP contribution in [0.2, 0.25) is 0 Å². The van der Waals surface area contributed by atoms with Crippen molar-refractivity contribution >= 4 is 0 Å². The van der Waals surface area contributed by atoms with Gasteiger partial charge in [-0.05, 0) is 86.4 Å². The number of hydrogen-bond acceptors (Lipinski definition) is 8. The number of hydrogen-bond donors (Lipinski definition) is 5. The Morgan fingerprint density at radius 1 is 0.841 bits per heavy atom. The lowest BCUT2D eigenvalue weighted by Gasteiger charge is -2.73. The molecule has 2 aliphatic heterocycles. The lowest BCUT2D eigenvalue weighted by molar-refractivity contribution is -0.329. The summed E-state index contributed by atoms with van der Waals surface area (Å²) in [5.41, 5.74) is -1.36. The summed E-state index contributed by atoms with van der Waals surface area (Å²) in [5, 5.41) is 54.4. The molecule has 0 amide bonds. The molecule has 44 heavy (non-hydrogen) atoms. The Morgan fingerprint density at radius 3 is 2.27 bits per heavy atom. The second kappa shape index (κ2) is 9.74. The van der Waals surface area contributed by atoms with Gasteiger partial charge in [-0.25, -0.2) is 0 Å². The summed E-state index contributed by atoms with van der Waals surface area (Å²) in [6, 6.07) is 0. The van der Waals surface area contributed by atoms with Crippen molar-refractivity contribution in [1.29, 1.82) is 0 Å². The van der Waals surface area contributed by atoms with Gasteiger partial charge >= 0.3 is 0 Å². The highest BCUT2D eigenvalue weighted by molar-refractivity contribution is 5.36. The van der Waals surface area contributed by atoms with Gasteiger partial charge in [0, 0.05) is 22.2 Å². The van der Waals surface area contributed by atoms with Gasteiger partial charge in [-0.1, -0.05) is 53.7 Å². The zero-order valence-corrected chi connectivity index (χ0v) is 28.0. The molecule has 6 unspecified atom stereocenters. The third-order valence-corrected chi connectivity index (χ3v) is 15.8. The Balaban J connectivity index is 1.23. The number of rotatable bonds is 3. The first-order chi connectivity index (χ1) is 20.4. The largest absolute Gasteiger partial charge is 0.396 e. The first-order valence-corrected chi connectivity index (χ1v) is 17.4. The van der Waals surface area contributed by atoms with Crippen molar-refractivity contribution in [3.05, 3.63) is 12.2 Å². The first-order valence-electron chi connectivity index (χ1n) is 17.4. The molecule has 2 bridgehead atoms. The van der Waals surface area contributed by atoms with Crippen molar-refractivity contribution in [1.82, 2.24) is 0 Å². The smallest absolute Gasteiger partial charge is 0.186 e. The molecule has 6 fully saturated rings. The third-order valence-electron chi connectivity index (χ3n) is 15.8. The predicted octanol–water partition coefficient (Wildman–Crippen LogP) is 3.95. The van der Waals surface area contributed by atoms with Gasteiger partial charge < -0.3 is 39.7 Å². The van der Waals surface area contributed by atoms with Gasteiger partial charge in [0.2, 0.25) is 0 Å². The minimum atomic E-state index is -1.37. The molecule has 0 radical (unpaired) electrons. The van der Waals surface area contributed by atoms with Crippen molar-refractivity contribution in [2.24, 2.45) is 50.2 Å². The fraction of sp³-hybridized carbons (Fsp3) is 0.944. The lowest BCUT2D eigenvalue weighted by atomic mass is 9.32. The minimum absolute atomic E-state index is 0.0582. The molecule has 7 aliphatic rings. The van der Waals surface area contributed by atoms with Crippen LogP contribution in [-0.2, 0) is 14.2 Å². The standard InChI is InChI=1S/C36H58O8/c1-20-26(39)27(40)28(41)29(43-20)44-25-10-11-31(4)21(32(25,5)18-37)8-12-33(6)22(31)9-13-36-23-16-30(2,3)14-15-35(23,19-42-36)24(38)17-34(33,36)7/h9,13,20-29,37-41H,8,10-12,14-19H2,1-7H3/t20?,21-,22-,23-,24?,25?,26?,27?,28?,29+,31+,32+,33-,34+,35-,36+/m1/s1. The summed E-state index contributed by atoms with van der Waals surface area (Å²) in [4.78, 5) is 0. The Kier molecular flexibility index (Phi) is 7.08. The highest BCUT2D eigenvalue weighted by Gasteiger charge is 2.79. The SMILES string of the molecule is CC1O[C@@H](OC2CC[C@@]3(C)[C@@H](CC[C@]4(C)[C@@H]3C=C[C@]35OC[C@@]6(CCC(C)(C)C[C@H]63)C(O)C[C@]54C)[C@]2(C)CO)C(O)C(O)C1O. The van der Waals surface area contributed by atoms with Crippen LogP contribution in [0, 0.1) is 50.2 Å². The highest BCUT2D eigenvalue weighted by atomic mass is 16.7. The summed E-state index contributed by atoms with van der Waals surface area (Å²) in [5.74, 6) is 0.695. The van der Waals surface area contributed by atoms with Crippen LogP contribution < -0.4 is 0 Å². The van der Waals surface area contributed by atoms with Crippen molar-refractivity contribution < 1.29 is 39.7 Å². The molecule has 8 nitrogen and oxygen atoms in total. The molecule has 2 heterocycles. The summed E-state index contributed by atoms with van der Waals surface area (Å²) < 4.78 is 19.4. The maximum Gasteiger partial charge on any atom is 0.186 e. The Labute approximate surface area is 263 Å². The van der Waals surface area contributed by atoms with Crippen LogP contribution in [0.3, 0.4) is 0 Å². The van der Waals surface area contributed by atoms with Crippen molar-refractivity contribution in [2.75, 3.05) is 13.2 Å². The molecule has 0 aromatic rings. The van der Waals surface area contributed by atoms with E-state index in [4.69, 9.17) is 14.2 Å². The molecule has 8 heteroatoms. The second-order valence-corrected chi connectivity index (χ2v) is 18.1. The predicted molar refractivity (Wildman–Crippen MR) is 164 cm³/mol. The molecule has 250 valence electrons. The topological polar surface area (TPSA) is 129 Å². The molecule has 5 N–H and O–H groups in total. The van der Waals surface area contributed by atoms with E-state index in [0.29, 0.717) is 18.9 Å². The Morgan fingerprint density at radius 2 is 1.57 bits per heavy atom. The average molecular weight is 619 g/mol. The van der Waals surface area contributed by atoms with E-state index in [-0.39, 0.29) is 63.3 Å². The minimum Gasteiger partial charge on any atom is -0.396 e. The quantitative estimate of drug-likeness (QED) is 0.238. The van der Waals surface area contributed by atoms with E-state index in [9.17, 15) is 25.5 Å². The number of fused-ring (bicyclic) bond motifs is 4. The lowest BCUT2D eigenvalue weighted by Crippen LogP contribution is -2.72. The fourth-order valence-corrected chi connectivity index (χ4v) is 12.8. The monoisotopic (exact) mass is 618 g/mol. The fourth-order valence-electron chi connectivity index (χ4n) is 12.8. The van der Waals surface area contributed by atoms with E-state index < -0.39 is 36.1 Å². The van der Waals surface area contributed by atoms with Crippen molar-refractivity contribution in [3.8, 4) is 0 Å². The van der Waals surface area contributed by atoms with Crippen molar-refractivity contribution in [2.45, 2.75) is 148 Å². The van der Waals surface area contributed by atoms with Crippen LogP contribution >= 0.6 is 0 Å². The summed E-state index contributed by atoms with van der Waals surface area (Å²) >= 11 is 0. The normalized spacial score (nSPS) is 61.0. The van der Waals surface area contributed by atoms with Crippen LogP contribution in [0.5, 0.6) is 0 Å². The molecular formula is C36H58O8.